The molecule has 2 aliphatic heterocycles. The van der Waals surface area contributed by atoms with E-state index in [0.29, 0.717) is 30.2 Å². The molecule has 174 valence electrons. The van der Waals surface area contributed by atoms with Gasteiger partial charge in [0.05, 0.1) is 12.2 Å². The first-order chi connectivity index (χ1) is 16.0. The summed E-state index contributed by atoms with van der Waals surface area (Å²) in [5.41, 5.74) is 2.59. The SMILES string of the molecule is CCCOc1ccc(C2=C(N3CCCC(C)C3)C(=O)N(CCc3ccc(F)cc3)C2=O)cc1. The number of ether oxygens (including phenoxy) is 1. The highest BCUT2D eigenvalue weighted by Crippen LogP contribution is 2.34. The van der Waals surface area contributed by atoms with E-state index in [2.05, 4.69) is 18.7 Å². The second-order valence-corrected chi connectivity index (χ2v) is 8.93. The van der Waals surface area contributed by atoms with E-state index >= 15 is 0 Å². The smallest absolute Gasteiger partial charge is 0.277 e. The summed E-state index contributed by atoms with van der Waals surface area (Å²) in [4.78, 5) is 30.5. The third-order valence-electron chi connectivity index (χ3n) is 6.27. The lowest BCUT2D eigenvalue weighted by Gasteiger charge is -2.33. The van der Waals surface area contributed by atoms with Crippen LogP contribution in [0, 0.1) is 11.7 Å². The Morgan fingerprint density at radius 3 is 2.42 bits per heavy atom. The highest BCUT2D eigenvalue weighted by molar-refractivity contribution is 6.35. The maximum absolute atomic E-state index is 13.5. The Morgan fingerprint density at radius 2 is 1.76 bits per heavy atom. The van der Waals surface area contributed by atoms with Crippen LogP contribution in [-0.2, 0) is 16.0 Å². The van der Waals surface area contributed by atoms with Crippen LogP contribution in [0.2, 0.25) is 0 Å². The van der Waals surface area contributed by atoms with Gasteiger partial charge in [-0.3, -0.25) is 14.5 Å². The topological polar surface area (TPSA) is 49.9 Å². The Labute approximate surface area is 194 Å². The molecule has 0 aromatic heterocycles. The molecule has 1 atom stereocenters. The van der Waals surface area contributed by atoms with Gasteiger partial charge in [-0.2, -0.15) is 0 Å². The summed E-state index contributed by atoms with van der Waals surface area (Å²) in [6.45, 7) is 6.66. The first kappa shape index (κ1) is 23.0. The van der Waals surface area contributed by atoms with Gasteiger partial charge in [-0.05, 0) is 67.0 Å². The summed E-state index contributed by atoms with van der Waals surface area (Å²) in [5, 5.41) is 0. The number of rotatable bonds is 8. The normalized spacial score (nSPS) is 18.9. The van der Waals surface area contributed by atoms with E-state index in [1.807, 2.05) is 24.3 Å². The van der Waals surface area contributed by atoms with Crippen molar-refractivity contribution in [1.82, 2.24) is 9.80 Å². The number of benzene rings is 2. The minimum absolute atomic E-state index is 0.238. The number of amides is 2. The summed E-state index contributed by atoms with van der Waals surface area (Å²) in [7, 11) is 0. The molecule has 0 spiro atoms. The molecule has 2 amide bonds. The predicted molar refractivity (Wildman–Crippen MR) is 126 cm³/mol. The third kappa shape index (κ3) is 5.10. The van der Waals surface area contributed by atoms with Crippen molar-refractivity contribution in [3.8, 4) is 5.75 Å². The van der Waals surface area contributed by atoms with Crippen LogP contribution >= 0.6 is 0 Å². The van der Waals surface area contributed by atoms with Gasteiger partial charge in [-0.1, -0.05) is 38.1 Å². The van der Waals surface area contributed by atoms with Crippen LogP contribution in [0.4, 0.5) is 4.39 Å². The highest BCUT2D eigenvalue weighted by Gasteiger charge is 2.42. The molecule has 0 saturated carbocycles. The average Bonchev–Trinajstić information content (AvgIpc) is 3.07. The van der Waals surface area contributed by atoms with Gasteiger partial charge < -0.3 is 9.64 Å². The molecule has 4 rings (SSSR count). The Morgan fingerprint density at radius 1 is 1.03 bits per heavy atom. The molecule has 2 aromatic carbocycles. The van der Waals surface area contributed by atoms with E-state index in [1.165, 1.54) is 17.0 Å². The number of carbonyl (C=O) groups is 2. The highest BCUT2D eigenvalue weighted by atomic mass is 19.1. The molecule has 2 heterocycles. The maximum Gasteiger partial charge on any atom is 0.277 e. The Hall–Kier alpha value is -3.15. The van der Waals surface area contributed by atoms with Gasteiger partial charge in [0.15, 0.2) is 0 Å². The van der Waals surface area contributed by atoms with Crippen LogP contribution in [0.5, 0.6) is 5.75 Å². The quantitative estimate of drug-likeness (QED) is 0.549. The van der Waals surface area contributed by atoms with Crippen molar-refractivity contribution in [2.75, 3.05) is 26.2 Å². The van der Waals surface area contributed by atoms with Gasteiger partial charge in [0.1, 0.15) is 17.3 Å². The van der Waals surface area contributed by atoms with Gasteiger partial charge in [0.2, 0.25) is 0 Å². The molecular weight excluding hydrogens is 419 g/mol. The fourth-order valence-electron chi connectivity index (χ4n) is 4.54. The molecule has 1 fully saturated rings. The van der Waals surface area contributed by atoms with Crippen molar-refractivity contribution >= 4 is 17.4 Å². The van der Waals surface area contributed by atoms with E-state index in [9.17, 15) is 14.0 Å². The summed E-state index contributed by atoms with van der Waals surface area (Å²) in [6, 6.07) is 13.6. The second kappa shape index (κ2) is 10.2. The zero-order valence-corrected chi connectivity index (χ0v) is 19.4. The molecular formula is C27H31FN2O3. The second-order valence-electron chi connectivity index (χ2n) is 8.93. The van der Waals surface area contributed by atoms with Crippen LogP contribution in [0.1, 0.15) is 44.2 Å². The molecule has 6 heteroatoms. The van der Waals surface area contributed by atoms with Gasteiger partial charge in [-0.15, -0.1) is 0 Å². The van der Waals surface area contributed by atoms with E-state index in [0.717, 1.165) is 49.2 Å². The first-order valence-corrected chi connectivity index (χ1v) is 11.8. The first-order valence-electron chi connectivity index (χ1n) is 11.8. The van der Waals surface area contributed by atoms with Gasteiger partial charge >= 0.3 is 0 Å². The Kier molecular flexibility index (Phi) is 7.11. The lowest BCUT2D eigenvalue weighted by atomic mass is 9.97. The molecule has 1 saturated heterocycles. The number of piperidine rings is 1. The number of nitrogens with zero attached hydrogens (tertiary/aromatic N) is 2. The molecule has 2 aliphatic rings. The summed E-state index contributed by atoms with van der Waals surface area (Å²) >= 11 is 0. The number of hydrogen-bond donors (Lipinski definition) is 0. The van der Waals surface area contributed by atoms with E-state index in [1.54, 1.807) is 12.1 Å². The van der Waals surface area contributed by atoms with Crippen molar-refractivity contribution in [2.45, 2.75) is 39.5 Å². The zero-order chi connectivity index (χ0) is 23.4. The fourth-order valence-corrected chi connectivity index (χ4v) is 4.54. The minimum atomic E-state index is -0.302. The standard InChI is InChI=1S/C27H31FN2O3/c1-3-17-33-23-12-8-21(9-13-23)24-25(29-15-4-5-19(2)18-29)27(32)30(26(24)31)16-14-20-6-10-22(28)11-7-20/h6-13,19H,3-5,14-18H2,1-2H3. The van der Waals surface area contributed by atoms with Crippen LogP contribution < -0.4 is 4.74 Å². The summed E-state index contributed by atoms with van der Waals surface area (Å²) < 4.78 is 18.9. The third-order valence-corrected chi connectivity index (χ3v) is 6.27. The minimum Gasteiger partial charge on any atom is -0.494 e. The van der Waals surface area contributed by atoms with Crippen LogP contribution in [0.3, 0.4) is 0 Å². The molecule has 33 heavy (non-hydrogen) atoms. The lowest BCUT2D eigenvalue weighted by molar-refractivity contribution is -0.137. The summed E-state index contributed by atoms with van der Waals surface area (Å²) in [5.74, 6) is 0.409. The zero-order valence-electron chi connectivity index (χ0n) is 19.4. The average molecular weight is 451 g/mol. The van der Waals surface area contributed by atoms with Gasteiger partial charge in [-0.25, -0.2) is 4.39 Å². The van der Waals surface area contributed by atoms with Gasteiger partial charge in [0.25, 0.3) is 11.8 Å². The summed E-state index contributed by atoms with van der Waals surface area (Å²) in [6.07, 6.45) is 3.52. The van der Waals surface area contributed by atoms with Crippen molar-refractivity contribution in [2.24, 2.45) is 5.92 Å². The molecule has 5 nitrogen and oxygen atoms in total. The Balaban J connectivity index is 1.62. The number of imide groups is 1. The largest absolute Gasteiger partial charge is 0.494 e. The Bertz CT molecular complexity index is 1030. The van der Waals surface area contributed by atoms with E-state index in [-0.39, 0.29) is 24.2 Å². The number of carbonyl (C=O) groups excluding carboxylic acids is 2. The van der Waals surface area contributed by atoms with Crippen molar-refractivity contribution in [1.29, 1.82) is 0 Å². The molecule has 2 aromatic rings. The van der Waals surface area contributed by atoms with E-state index < -0.39 is 0 Å². The molecule has 0 N–H and O–H groups in total. The molecule has 0 aliphatic carbocycles. The predicted octanol–water partition coefficient (Wildman–Crippen LogP) is 4.67. The number of hydrogen-bond acceptors (Lipinski definition) is 4. The van der Waals surface area contributed by atoms with E-state index in [4.69, 9.17) is 4.74 Å². The fraction of sp³-hybridized carbons (Fsp3) is 0.407. The van der Waals surface area contributed by atoms with Crippen LogP contribution in [0.25, 0.3) is 5.57 Å². The monoisotopic (exact) mass is 450 g/mol. The maximum atomic E-state index is 13.5. The van der Waals surface area contributed by atoms with Crippen molar-refractivity contribution in [3.63, 3.8) is 0 Å². The molecule has 0 radical (unpaired) electrons. The van der Waals surface area contributed by atoms with Crippen molar-refractivity contribution < 1.29 is 18.7 Å². The number of halogens is 1. The lowest BCUT2D eigenvalue weighted by Crippen LogP contribution is -2.39. The van der Waals surface area contributed by atoms with Crippen LogP contribution in [0.15, 0.2) is 54.2 Å². The number of likely N-dealkylation sites (tertiary alicyclic amines) is 1. The van der Waals surface area contributed by atoms with Gasteiger partial charge in [0, 0.05) is 19.6 Å². The van der Waals surface area contributed by atoms with Crippen molar-refractivity contribution in [3.05, 3.63) is 71.2 Å². The molecule has 1 unspecified atom stereocenters. The molecule has 0 bridgehead atoms. The van der Waals surface area contributed by atoms with Crippen LogP contribution in [-0.4, -0.2) is 47.9 Å².